The van der Waals surface area contributed by atoms with Crippen molar-refractivity contribution < 1.29 is 4.74 Å². The minimum absolute atomic E-state index is 0.628. The van der Waals surface area contributed by atoms with Crippen LogP contribution in [0.1, 0.15) is 12.5 Å². The Morgan fingerprint density at radius 3 is 2.43 bits per heavy atom. The lowest BCUT2D eigenvalue weighted by molar-refractivity contribution is 0.414. The number of benzene rings is 2. The highest BCUT2D eigenvalue weighted by atomic mass is 79.9. The molecule has 108 valence electrons. The molecule has 0 saturated heterocycles. The summed E-state index contributed by atoms with van der Waals surface area (Å²) in [7, 11) is 1.61. The van der Waals surface area contributed by atoms with Crippen molar-refractivity contribution in [3.8, 4) is 11.8 Å². The van der Waals surface area contributed by atoms with Gasteiger partial charge in [0.05, 0.1) is 18.2 Å². The van der Waals surface area contributed by atoms with Crippen molar-refractivity contribution in [1.82, 2.24) is 0 Å². The smallest absolute Gasteiger partial charge is 0.148 e. The van der Waals surface area contributed by atoms with Gasteiger partial charge in [-0.25, -0.2) is 0 Å². The number of hydrogen-bond acceptors (Lipinski definition) is 3. The van der Waals surface area contributed by atoms with Crippen LogP contribution in [-0.2, 0) is 5.54 Å². The van der Waals surface area contributed by atoms with Gasteiger partial charge in [0.2, 0.25) is 0 Å². The maximum absolute atomic E-state index is 9.57. The molecule has 0 fully saturated rings. The molecule has 1 unspecified atom stereocenters. The summed E-state index contributed by atoms with van der Waals surface area (Å²) in [6.07, 6.45) is 0. The van der Waals surface area contributed by atoms with Gasteiger partial charge < -0.3 is 10.1 Å². The van der Waals surface area contributed by atoms with E-state index in [-0.39, 0.29) is 0 Å². The summed E-state index contributed by atoms with van der Waals surface area (Å²) in [5.41, 5.74) is 0.822. The van der Waals surface area contributed by atoms with Crippen LogP contribution in [0.2, 0.25) is 5.02 Å². The molecule has 0 aliphatic carbocycles. The Morgan fingerprint density at radius 1 is 1.24 bits per heavy atom. The molecule has 2 aromatic rings. The van der Waals surface area contributed by atoms with E-state index in [1.54, 1.807) is 13.2 Å². The third kappa shape index (κ3) is 3.49. The maximum atomic E-state index is 9.57. The Labute approximate surface area is 137 Å². The topological polar surface area (TPSA) is 45.0 Å². The van der Waals surface area contributed by atoms with E-state index in [1.165, 1.54) is 0 Å². The minimum atomic E-state index is -0.848. The van der Waals surface area contributed by atoms with E-state index in [1.807, 2.05) is 43.3 Å². The van der Waals surface area contributed by atoms with Gasteiger partial charge in [-0.3, -0.25) is 0 Å². The van der Waals surface area contributed by atoms with Gasteiger partial charge in [0.15, 0.2) is 0 Å². The van der Waals surface area contributed by atoms with Gasteiger partial charge in [-0.05, 0) is 58.7 Å². The zero-order valence-electron chi connectivity index (χ0n) is 11.7. The van der Waals surface area contributed by atoms with Crippen molar-refractivity contribution in [2.24, 2.45) is 0 Å². The molecule has 2 aromatic carbocycles. The van der Waals surface area contributed by atoms with E-state index in [9.17, 15) is 5.26 Å². The molecule has 0 saturated carbocycles. The number of nitriles is 1. The Morgan fingerprint density at radius 2 is 1.90 bits per heavy atom. The van der Waals surface area contributed by atoms with Gasteiger partial charge in [-0.1, -0.05) is 23.7 Å². The molecular weight excluding hydrogens is 352 g/mol. The fourth-order valence-corrected chi connectivity index (χ4v) is 2.45. The molecule has 2 rings (SSSR count). The van der Waals surface area contributed by atoms with Crippen molar-refractivity contribution in [2.45, 2.75) is 12.5 Å². The number of rotatable bonds is 4. The average molecular weight is 366 g/mol. The first-order valence-electron chi connectivity index (χ1n) is 6.27. The number of hydrogen-bond donors (Lipinski definition) is 1. The molecule has 5 heteroatoms. The number of anilines is 1. The zero-order valence-corrected chi connectivity index (χ0v) is 14.0. The first-order chi connectivity index (χ1) is 9.98. The SMILES string of the molecule is COc1ccc(C(C)(C#N)Nc2ccc(Cl)c(Br)c2)cc1. The Balaban J connectivity index is 2.32. The van der Waals surface area contributed by atoms with E-state index >= 15 is 0 Å². The van der Waals surface area contributed by atoms with Crippen molar-refractivity contribution >= 4 is 33.2 Å². The quantitative estimate of drug-likeness (QED) is 0.832. The van der Waals surface area contributed by atoms with Gasteiger partial charge in [-0.2, -0.15) is 5.26 Å². The summed E-state index contributed by atoms with van der Waals surface area (Å²) in [4.78, 5) is 0. The molecule has 0 amide bonds. The van der Waals surface area contributed by atoms with Gasteiger partial charge in [0.25, 0.3) is 0 Å². The summed E-state index contributed by atoms with van der Waals surface area (Å²) >= 11 is 9.36. The fraction of sp³-hybridized carbons (Fsp3) is 0.188. The van der Waals surface area contributed by atoms with Crippen LogP contribution in [-0.4, -0.2) is 7.11 Å². The van der Waals surface area contributed by atoms with Gasteiger partial charge in [-0.15, -0.1) is 0 Å². The summed E-state index contributed by atoms with van der Waals surface area (Å²) < 4.78 is 5.92. The minimum Gasteiger partial charge on any atom is -0.497 e. The lowest BCUT2D eigenvalue weighted by Crippen LogP contribution is -2.29. The molecule has 3 nitrogen and oxygen atoms in total. The van der Waals surface area contributed by atoms with E-state index in [0.717, 1.165) is 21.5 Å². The standard InChI is InChI=1S/C16H14BrClN2O/c1-16(10-19,11-3-6-13(21-2)7-4-11)20-12-5-8-15(18)14(17)9-12/h3-9,20H,1-2H3. The van der Waals surface area contributed by atoms with Crippen molar-refractivity contribution in [2.75, 3.05) is 12.4 Å². The molecule has 1 atom stereocenters. The summed E-state index contributed by atoms with van der Waals surface area (Å²) in [6, 6.07) is 15.2. The largest absolute Gasteiger partial charge is 0.497 e. The Hall–Kier alpha value is -1.70. The van der Waals surface area contributed by atoms with E-state index in [0.29, 0.717) is 5.02 Å². The van der Waals surface area contributed by atoms with Crippen molar-refractivity contribution in [1.29, 1.82) is 5.26 Å². The highest BCUT2D eigenvalue weighted by Gasteiger charge is 2.26. The summed E-state index contributed by atoms with van der Waals surface area (Å²) in [5, 5.41) is 13.4. The Kier molecular flexibility index (Phi) is 4.76. The highest BCUT2D eigenvalue weighted by molar-refractivity contribution is 9.10. The molecule has 1 N–H and O–H groups in total. The van der Waals surface area contributed by atoms with Crippen LogP contribution in [0.4, 0.5) is 5.69 Å². The van der Waals surface area contributed by atoms with Crippen LogP contribution in [0.5, 0.6) is 5.75 Å². The van der Waals surface area contributed by atoms with Gasteiger partial charge >= 0.3 is 0 Å². The van der Waals surface area contributed by atoms with E-state index in [2.05, 4.69) is 27.3 Å². The van der Waals surface area contributed by atoms with Crippen molar-refractivity contribution in [3.05, 3.63) is 57.5 Å². The van der Waals surface area contributed by atoms with Crippen molar-refractivity contribution in [3.63, 3.8) is 0 Å². The molecule has 0 bridgehead atoms. The predicted octanol–water partition coefficient (Wildman–Crippen LogP) is 4.96. The van der Waals surface area contributed by atoms with Crippen LogP contribution in [0, 0.1) is 11.3 Å². The molecule has 0 aliphatic heterocycles. The number of ether oxygens (including phenoxy) is 1. The number of methoxy groups -OCH3 is 1. The molecule has 0 aromatic heterocycles. The lowest BCUT2D eigenvalue weighted by Gasteiger charge is -2.25. The van der Waals surface area contributed by atoms with E-state index in [4.69, 9.17) is 16.3 Å². The van der Waals surface area contributed by atoms with Crippen LogP contribution in [0.3, 0.4) is 0 Å². The first kappa shape index (κ1) is 15.7. The van der Waals surface area contributed by atoms with Crippen LogP contribution in [0.25, 0.3) is 0 Å². The lowest BCUT2D eigenvalue weighted by atomic mass is 9.93. The average Bonchev–Trinajstić information content (AvgIpc) is 2.51. The molecule has 0 radical (unpaired) electrons. The normalized spacial score (nSPS) is 13.1. The summed E-state index contributed by atoms with van der Waals surface area (Å²) in [6.45, 7) is 1.83. The third-order valence-electron chi connectivity index (χ3n) is 3.20. The second kappa shape index (κ2) is 6.38. The van der Waals surface area contributed by atoms with Crippen LogP contribution in [0.15, 0.2) is 46.9 Å². The molecule has 0 heterocycles. The second-order valence-electron chi connectivity index (χ2n) is 4.72. The van der Waals surface area contributed by atoms with Gasteiger partial charge in [0.1, 0.15) is 11.3 Å². The fourth-order valence-electron chi connectivity index (χ4n) is 1.95. The molecule has 0 aliphatic rings. The van der Waals surface area contributed by atoms with Gasteiger partial charge in [0, 0.05) is 10.2 Å². The number of halogens is 2. The van der Waals surface area contributed by atoms with E-state index < -0.39 is 5.54 Å². The molecule has 21 heavy (non-hydrogen) atoms. The number of nitrogens with one attached hydrogen (secondary N) is 1. The monoisotopic (exact) mass is 364 g/mol. The Bertz CT molecular complexity index is 682. The third-order valence-corrected chi connectivity index (χ3v) is 4.42. The summed E-state index contributed by atoms with van der Waals surface area (Å²) in [5.74, 6) is 0.758. The highest BCUT2D eigenvalue weighted by Crippen LogP contribution is 2.31. The maximum Gasteiger partial charge on any atom is 0.148 e. The second-order valence-corrected chi connectivity index (χ2v) is 5.98. The van der Waals surface area contributed by atoms with Crippen LogP contribution >= 0.6 is 27.5 Å². The van der Waals surface area contributed by atoms with Crippen LogP contribution < -0.4 is 10.1 Å². The zero-order chi connectivity index (χ0) is 15.5. The molecule has 0 spiro atoms. The molecular formula is C16H14BrClN2O. The first-order valence-corrected chi connectivity index (χ1v) is 7.44. The number of nitrogens with zero attached hydrogens (tertiary/aromatic N) is 1. The predicted molar refractivity (Wildman–Crippen MR) is 88.7 cm³/mol.